The topological polar surface area (TPSA) is 46.8 Å². The first-order valence-electron chi connectivity index (χ1n) is 5.55. The lowest BCUT2D eigenvalue weighted by molar-refractivity contribution is 0.516. The van der Waals surface area contributed by atoms with Crippen LogP contribution >= 0.6 is 12.2 Å². The molecule has 0 aliphatic heterocycles. The first-order valence-corrected chi connectivity index (χ1v) is 5.95. The fourth-order valence-corrected chi connectivity index (χ4v) is 2.26. The second-order valence-electron chi connectivity index (χ2n) is 4.06. The quantitative estimate of drug-likeness (QED) is 0.831. The van der Waals surface area contributed by atoms with Gasteiger partial charge in [0, 0.05) is 12.5 Å². The molecule has 0 saturated heterocycles. The summed E-state index contributed by atoms with van der Waals surface area (Å²) in [6.07, 6.45) is 4.97. The number of nitrogens with one attached hydrogen (secondary N) is 1. The van der Waals surface area contributed by atoms with Crippen LogP contribution in [0, 0.1) is 4.77 Å². The van der Waals surface area contributed by atoms with Gasteiger partial charge in [-0.2, -0.15) is 5.10 Å². The number of nitrogens with zero attached hydrogens (tertiary/aromatic N) is 2. The van der Waals surface area contributed by atoms with Crippen molar-refractivity contribution in [2.75, 3.05) is 0 Å². The van der Waals surface area contributed by atoms with E-state index in [0.717, 1.165) is 23.6 Å². The Morgan fingerprint density at radius 3 is 3.12 bits per heavy atom. The van der Waals surface area contributed by atoms with Crippen LogP contribution in [0.1, 0.15) is 31.6 Å². The van der Waals surface area contributed by atoms with Gasteiger partial charge in [-0.25, -0.2) is 0 Å². The third-order valence-electron chi connectivity index (χ3n) is 2.92. The highest BCUT2D eigenvalue weighted by Gasteiger charge is 2.28. The molecule has 0 aromatic carbocycles. The van der Waals surface area contributed by atoms with Gasteiger partial charge in [0.15, 0.2) is 10.6 Å². The Hall–Kier alpha value is -1.36. The van der Waals surface area contributed by atoms with Crippen molar-refractivity contribution in [3.05, 3.63) is 22.9 Å². The average molecular weight is 235 g/mol. The highest BCUT2D eigenvalue weighted by atomic mass is 32.1. The van der Waals surface area contributed by atoms with E-state index in [2.05, 4.69) is 21.7 Å². The molecule has 0 unspecified atom stereocenters. The molecule has 0 amide bonds. The van der Waals surface area contributed by atoms with Gasteiger partial charge in [0.05, 0.1) is 11.8 Å². The summed E-state index contributed by atoms with van der Waals surface area (Å²) in [5.41, 5.74) is 1.06. The largest absolute Gasteiger partial charge is 0.469 e. The predicted octanol–water partition coefficient (Wildman–Crippen LogP) is 3.10. The van der Waals surface area contributed by atoms with Crippen molar-refractivity contribution < 1.29 is 4.42 Å². The van der Waals surface area contributed by atoms with Gasteiger partial charge >= 0.3 is 0 Å². The van der Waals surface area contributed by atoms with E-state index in [0.29, 0.717) is 10.8 Å². The number of aromatic nitrogens is 3. The maximum atomic E-state index is 5.43. The molecule has 2 heterocycles. The minimum absolute atomic E-state index is 0.529. The summed E-state index contributed by atoms with van der Waals surface area (Å²) in [6.45, 7) is 2.07. The summed E-state index contributed by atoms with van der Waals surface area (Å²) in [5.74, 6) is 1.88. The van der Waals surface area contributed by atoms with Crippen LogP contribution in [-0.4, -0.2) is 14.8 Å². The number of hydrogen-bond donors (Lipinski definition) is 1. The average Bonchev–Trinajstić information content (AvgIpc) is 2.89. The molecule has 1 fully saturated rings. The van der Waals surface area contributed by atoms with Crippen LogP contribution < -0.4 is 0 Å². The van der Waals surface area contributed by atoms with Gasteiger partial charge in [-0.3, -0.25) is 9.67 Å². The lowest BCUT2D eigenvalue weighted by Gasteiger charge is -2.03. The van der Waals surface area contributed by atoms with E-state index in [1.165, 1.54) is 12.8 Å². The van der Waals surface area contributed by atoms with Crippen molar-refractivity contribution in [1.82, 2.24) is 14.8 Å². The van der Waals surface area contributed by atoms with E-state index in [4.69, 9.17) is 16.6 Å². The Balaban J connectivity index is 2.16. The van der Waals surface area contributed by atoms with Crippen molar-refractivity contribution in [3.8, 4) is 11.4 Å². The molecular weight excluding hydrogens is 222 g/mol. The standard InChI is InChI=1S/C11H13N3OS/c1-2-9-8(5-6-15-9)10-12-13-11(16)14(10)7-3-4-7/h5-7H,2-4H2,1H3,(H,13,16). The van der Waals surface area contributed by atoms with Crippen molar-refractivity contribution in [2.45, 2.75) is 32.2 Å². The fourth-order valence-electron chi connectivity index (χ4n) is 1.98. The monoisotopic (exact) mass is 235 g/mol. The first-order chi connectivity index (χ1) is 7.81. The molecule has 0 atom stereocenters. The Bertz CT molecular complexity index is 562. The Labute approximate surface area is 98.3 Å². The fraction of sp³-hybridized carbons (Fsp3) is 0.455. The lowest BCUT2D eigenvalue weighted by atomic mass is 10.2. The molecule has 3 rings (SSSR count). The van der Waals surface area contributed by atoms with Crippen LogP contribution in [0.3, 0.4) is 0 Å². The normalized spacial score (nSPS) is 15.6. The number of rotatable bonds is 3. The predicted molar refractivity (Wildman–Crippen MR) is 62.8 cm³/mol. The van der Waals surface area contributed by atoms with Crippen LogP contribution in [0.25, 0.3) is 11.4 Å². The number of aryl methyl sites for hydroxylation is 1. The van der Waals surface area contributed by atoms with E-state index in [-0.39, 0.29) is 0 Å². The van der Waals surface area contributed by atoms with Gasteiger partial charge in [0.1, 0.15) is 5.76 Å². The van der Waals surface area contributed by atoms with Crippen LogP contribution in [0.15, 0.2) is 16.7 Å². The molecule has 2 aromatic rings. The number of furan rings is 1. The van der Waals surface area contributed by atoms with Crippen molar-refractivity contribution in [1.29, 1.82) is 0 Å². The summed E-state index contributed by atoms with van der Waals surface area (Å²) in [4.78, 5) is 0. The van der Waals surface area contributed by atoms with Crippen LogP contribution in [-0.2, 0) is 6.42 Å². The van der Waals surface area contributed by atoms with Crippen LogP contribution in [0.5, 0.6) is 0 Å². The Morgan fingerprint density at radius 1 is 1.62 bits per heavy atom. The van der Waals surface area contributed by atoms with E-state index in [1.54, 1.807) is 6.26 Å². The van der Waals surface area contributed by atoms with E-state index < -0.39 is 0 Å². The molecule has 1 N–H and O–H groups in total. The summed E-state index contributed by atoms with van der Waals surface area (Å²) in [7, 11) is 0. The molecule has 84 valence electrons. The molecular formula is C11H13N3OS. The first kappa shape index (κ1) is 9.84. The van der Waals surface area contributed by atoms with Crippen LogP contribution in [0.4, 0.5) is 0 Å². The van der Waals surface area contributed by atoms with E-state index >= 15 is 0 Å². The van der Waals surface area contributed by atoms with E-state index in [1.807, 2.05) is 6.07 Å². The molecule has 1 saturated carbocycles. The summed E-state index contributed by atoms with van der Waals surface area (Å²) < 4.78 is 8.25. The molecule has 1 aliphatic carbocycles. The van der Waals surface area contributed by atoms with E-state index in [9.17, 15) is 0 Å². The minimum atomic E-state index is 0.529. The van der Waals surface area contributed by atoms with Gasteiger partial charge < -0.3 is 4.42 Å². The molecule has 4 nitrogen and oxygen atoms in total. The molecule has 5 heteroatoms. The number of aromatic amines is 1. The third-order valence-corrected chi connectivity index (χ3v) is 3.21. The Morgan fingerprint density at radius 2 is 2.44 bits per heavy atom. The molecule has 16 heavy (non-hydrogen) atoms. The second-order valence-corrected chi connectivity index (χ2v) is 4.45. The van der Waals surface area contributed by atoms with Gasteiger partial charge in [-0.15, -0.1) is 0 Å². The van der Waals surface area contributed by atoms with Gasteiger partial charge in [0.2, 0.25) is 0 Å². The highest BCUT2D eigenvalue weighted by molar-refractivity contribution is 7.71. The lowest BCUT2D eigenvalue weighted by Crippen LogP contribution is -1.98. The zero-order valence-electron chi connectivity index (χ0n) is 9.06. The van der Waals surface area contributed by atoms with Crippen molar-refractivity contribution in [2.24, 2.45) is 0 Å². The van der Waals surface area contributed by atoms with Crippen molar-refractivity contribution in [3.63, 3.8) is 0 Å². The summed E-state index contributed by atoms with van der Waals surface area (Å²) >= 11 is 5.26. The molecule has 0 bridgehead atoms. The molecule has 2 aromatic heterocycles. The zero-order valence-corrected chi connectivity index (χ0v) is 9.88. The molecule has 0 spiro atoms. The van der Waals surface area contributed by atoms with Gasteiger partial charge in [-0.1, -0.05) is 6.92 Å². The van der Waals surface area contributed by atoms with Gasteiger partial charge in [0.25, 0.3) is 0 Å². The van der Waals surface area contributed by atoms with Gasteiger partial charge in [-0.05, 0) is 31.1 Å². The van der Waals surface area contributed by atoms with Crippen LogP contribution in [0.2, 0.25) is 0 Å². The molecule has 0 radical (unpaired) electrons. The molecule has 1 aliphatic rings. The number of hydrogen-bond acceptors (Lipinski definition) is 3. The number of H-pyrrole nitrogens is 1. The van der Waals surface area contributed by atoms with Crippen molar-refractivity contribution >= 4 is 12.2 Å². The third kappa shape index (κ3) is 1.43. The SMILES string of the molecule is CCc1occc1-c1n[nH]c(=S)n1C1CC1. The maximum absolute atomic E-state index is 5.43. The summed E-state index contributed by atoms with van der Waals surface area (Å²) in [5, 5.41) is 7.19. The zero-order chi connectivity index (χ0) is 11.1. The summed E-state index contributed by atoms with van der Waals surface area (Å²) in [6, 6.07) is 2.49. The smallest absolute Gasteiger partial charge is 0.195 e. The highest BCUT2D eigenvalue weighted by Crippen LogP contribution is 2.38. The maximum Gasteiger partial charge on any atom is 0.195 e. The second kappa shape index (κ2) is 3.59. The minimum Gasteiger partial charge on any atom is -0.469 e. The Kier molecular flexibility index (Phi) is 2.21.